The molecule has 0 bridgehead atoms. The topological polar surface area (TPSA) is 4.93 Å². The number of nitrogens with zero attached hydrogens (tertiary/aromatic N) is 1. The molecule has 0 spiro atoms. The second-order valence-electron chi connectivity index (χ2n) is 3.68. The van der Waals surface area contributed by atoms with E-state index in [0.717, 1.165) is 6.42 Å². The normalized spacial score (nSPS) is 16.1. The van der Waals surface area contributed by atoms with Crippen LogP contribution >= 0.6 is 0 Å². The zero-order valence-electron chi connectivity index (χ0n) is 8.70. The van der Waals surface area contributed by atoms with E-state index in [1.54, 1.807) is 0 Å². The van der Waals surface area contributed by atoms with Crippen molar-refractivity contribution in [1.82, 2.24) is 4.57 Å². The molecule has 0 saturated carbocycles. The minimum Gasteiger partial charge on any atom is -0.321 e. The minimum absolute atomic E-state index is 1.04. The zero-order chi connectivity index (χ0) is 9.97. The van der Waals surface area contributed by atoms with Gasteiger partial charge in [-0.1, -0.05) is 18.2 Å². The van der Waals surface area contributed by atoms with Crippen molar-refractivity contribution in [3.63, 3.8) is 0 Å². The Hall–Kier alpha value is -1.50. The third kappa shape index (κ3) is 1.58. The van der Waals surface area contributed by atoms with Crippen molar-refractivity contribution in [2.45, 2.75) is 20.3 Å². The molecule has 72 valence electrons. The molecular formula is C13H15N. The summed E-state index contributed by atoms with van der Waals surface area (Å²) in [6, 6.07) is 4.22. The molecule has 1 heteroatoms. The van der Waals surface area contributed by atoms with Crippen LogP contribution in [0, 0.1) is 6.92 Å². The van der Waals surface area contributed by atoms with Gasteiger partial charge in [-0.3, -0.25) is 0 Å². The fourth-order valence-electron chi connectivity index (χ4n) is 1.74. The lowest BCUT2D eigenvalue weighted by Crippen LogP contribution is -1.97. The van der Waals surface area contributed by atoms with E-state index in [4.69, 9.17) is 0 Å². The van der Waals surface area contributed by atoms with Crippen LogP contribution in [0.5, 0.6) is 0 Å². The smallest absolute Gasteiger partial charge is 0.0444 e. The summed E-state index contributed by atoms with van der Waals surface area (Å²) < 4.78 is 2.23. The summed E-state index contributed by atoms with van der Waals surface area (Å²) in [6.45, 7) is 4.32. The Labute approximate surface area is 85.1 Å². The van der Waals surface area contributed by atoms with E-state index in [2.05, 4.69) is 61.0 Å². The Bertz CT molecular complexity index is 416. The molecule has 1 nitrogen and oxygen atoms in total. The first-order valence-electron chi connectivity index (χ1n) is 4.96. The second kappa shape index (κ2) is 3.70. The largest absolute Gasteiger partial charge is 0.321 e. The van der Waals surface area contributed by atoms with Crippen molar-refractivity contribution in [3.05, 3.63) is 53.9 Å². The quantitative estimate of drug-likeness (QED) is 0.630. The summed E-state index contributed by atoms with van der Waals surface area (Å²) >= 11 is 0. The van der Waals surface area contributed by atoms with E-state index in [0.29, 0.717) is 0 Å². The van der Waals surface area contributed by atoms with Gasteiger partial charge in [0.1, 0.15) is 0 Å². The first kappa shape index (κ1) is 9.07. The Balaban J connectivity index is 2.48. The standard InChI is InChI=1S/C13H15N/c1-11-7-4-3-5-9-13(11)14-10-6-8-12(14)2/h3-6,8-10H,7H2,1-2H3. The van der Waals surface area contributed by atoms with Crippen molar-refractivity contribution >= 4 is 5.70 Å². The molecule has 1 aromatic rings. The molecule has 1 aliphatic carbocycles. The van der Waals surface area contributed by atoms with Crippen LogP contribution in [0.3, 0.4) is 0 Å². The van der Waals surface area contributed by atoms with Crippen molar-refractivity contribution in [1.29, 1.82) is 0 Å². The maximum absolute atomic E-state index is 2.23. The molecule has 0 aromatic carbocycles. The summed E-state index contributed by atoms with van der Waals surface area (Å²) in [5.74, 6) is 0. The van der Waals surface area contributed by atoms with Gasteiger partial charge in [-0.25, -0.2) is 0 Å². The Kier molecular flexibility index (Phi) is 2.40. The zero-order valence-corrected chi connectivity index (χ0v) is 8.70. The van der Waals surface area contributed by atoms with Gasteiger partial charge in [0.25, 0.3) is 0 Å². The second-order valence-corrected chi connectivity index (χ2v) is 3.68. The molecule has 0 unspecified atom stereocenters. The summed E-state index contributed by atoms with van der Waals surface area (Å²) in [7, 11) is 0. The Morgan fingerprint density at radius 2 is 2.07 bits per heavy atom. The molecule has 0 N–H and O–H groups in total. The van der Waals surface area contributed by atoms with Crippen molar-refractivity contribution in [2.24, 2.45) is 0 Å². The highest BCUT2D eigenvalue weighted by Crippen LogP contribution is 2.20. The van der Waals surface area contributed by atoms with E-state index >= 15 is 0 Å². The third-order valence-electron chi connectivity index (χ3n) is 2.57. The van der Waals surface area contributed by atoms with Gasteiger partial charge in [0, 0.05) is 17.6 Å². The molecule has 0 fully saturated rings. The van der Waals surface area contributed by atoms with Crippen molar-refractivity contribution in [2.75, 3.05) is 0 Å². The number of aryl methyl sites for hydroxylation is 1. The van der Waals surface area contributed by atoms with Crippen molar-refractivity contribution < 1.29 is 0 Å². The van der Waals surface area contributed by atoms with Gasteiger partial charge in [0.2, 0.25) is 0 Å². The van der Waals surface area contributed by atoms with Gasteiger partial charge in [-0.15, -0.1) is 0 Å². The molecule has 2 rings (SSSR count). The molecule has 1 heterocycles. The van der Waals surface area contributed by atoms with Crippen LogP contribution in [-0.2, 0) is 0 Å². The highest BCUT2D eigenvalue weighted by molar-refractivity contribution is 5.63. The van der Waals surface area contributed by atoms with Crippen LogP contribution < -0.4 is 0 Å². The number of rotatable bonds is 1. The van der Waals surface area contributed by atoms with Crippen molar-refractivity contribution in [3.8, 4) is 0 Å². The summed E-state index contributed by atoms with van der Waals surface area (Å²) in [5.41, 5.74) is 4.00. The molecule has 0 atom stereocenters. The maximum Gasteiger partial charge on any atom is 0.0444 e. The number of hydrogen-bond donors (Lipinski definition) is 0. The number of hydrogen-bond acceptors (Lipinski definition) is 0. The number of allylic oxidation sites excluding steroid dienone is 6. The van der Waals surface area contributed by atoms with Gasteiger partial charge in [0.05, 0.1) is 0 Å². The van der Waals surface area contributed by atoms with Gasteiger partial charge < -0.3 is 4.57 Å². The fourth-order valence-corrected chi connectivity index (χ4v) is 1.74. The lowest BCUT2D eigenvalue weighted by atomic mass is 10.1. The van der Waals surface area contributed by atoms with Crippen LogP contribution in [-0.4, -0.2) is 4.57 Å². The van der Waals surface area contributed by atoms with Gasteiger partial charge in [0.15, 0.2) is 0 Å². The average molecular weight is 185 g/mol. The van der Waals surface area contributed by atoms with E-state index in [9.17, 15) is 0 Å². The van der Waals surface area contributed by atoms with E-state index < -0.39 is 0 Å². The van der Waals surface area contributed by atoms with E-state index in [1.807, 2.05) is 0 Å². The number of aromatic nitrogens is 1. The van der Waals surface area contributed by atoms with Crippen LogP contribution in [0.15, 0.2) is 48.2 Å². The lowest BCUT2D eigenvalue weighted by Gasteiger charge is -2.10. The minimum atomic E-state index is 1.04. The monoisotopic (exact) mass is 185 g/mol. The highest BCUT2D eigenvalue weighted by atomic mass is 15.0. The average Bonchev–Trinajstić information content (AvgIpc) is 2.46. The highest BCUT2D eigenvalue weighted by Gasteiger charge is 2.04. The van der Waals surface area contributed by atoms with Crippen LogP contribution in [0.4, 0.5) is 0 Å². The van der Waals surface area contributed by atoms with Gasteiger partial charge in [-0.2, -0.15) is 0 Å². The van der Waals surface area contributed by atoms with E-state index in [1.165, 1.54) is 17.0 Å². The molecule has 1 aromatic heterocycles. The molecule has 0 amide bonds. The fraction of sp³-hybridized carbons (Fsp3) is 0.231. The predicted octanol–water partition coefficient (Wildman–Crippen LogP) is 3.54. The summed E-state index contributed by atoms with van der Waals surface area (Å²) in [5, 5.41) is 0. The van der Waals surface area contributed by atoms with Crippen LogP contribution in [0.2, 0.25) is 0 Å². The molecule has 1 aliphatic rings. The maximum atomic E-state index is 2.23. The van der Waals surface area contributed by atoms with Gasteiger partial charge in [-0.05, 0) is 44.1 Å². The Morgan fingerprint density at radius 3 is 2.79 bits per heavy atom. The predicted molar refractivity (Wildman–Crippen MR) is 61.0 cm³/mol. The van der Waals surface area contributed by atoms with Gasteiger partial charge >= 0.3 is 0 Å². The molecule has 14 heavy (non-hydrogen) atoms. The summed E-state index contributed by atoms with van der Waals surface area (Å²) in [6.07, 6.45) is 11.7. The van der Waals surface area contributed by atoms with Crippen LogP contribution in [0.25, 0.3) is 5.70 Å². The SMILES string of the molecule is CC1=C(n2cccc2C)C=CC=CC1. The first-order chi connectivity index (χ1) is 6.79. The lowest BCUT2D eigenvalue weighted by molar-refractivity contribution is 1.02. The Morgan fingerprint density at radius 1 is 1.21 bits per heavy atom. The first-order valence-corrected chi connectivity index (χ1v) is 4.96. The molecule has 0 radical (unpaired) electrons. The van der Waals surface area contributed by atoms with Crippen LogP contribution in [0.1, 0.15) is 19.0 Å². The summed E-state index contributed by atoms with van der Waals surface area (Å²) in [4.78, 5) is 0. The molecule has 0 saturated heterocycles. The molecular weight excluding hydrogens is 170 g/mol. The molecule has 0 aliphatic heterocycles. The van der Waals surface area contributed by atoms with E-state index in [-0.39, 0.29) is 0 Å². The third-order valence-corrected chi connectivity index (χ3v) is 2.57.